The molecule has 1 unspecified atom stereocenters. The number of rotatable bonds is 6. The predicted octanol–water partition coefficient (Wildman–Crippen LogP) is 3.15. The van der Waals surface area contributed by atoms with Crippen LogP contribution in [-0.4, -0.2) is 28.4 Å². The number of carboxylic acids is 1. The lowest BCUT2D eigenvalue weighted by molar-refractivity contribution is -0.157. The molecule has 0 bridgehead atoms. The Balaban J connectivity index is 2.07. The number of halogens is 1. The van der Waals surface area contributed by atoms with Gasteiger partial charge in [-0.3, -0.25) is 0 Å². The molecule has 0 heterocycles. The van der Waals surface area contributed by atoms with Crippen LogP contribution in [0.3, 0.4) is 0 Å². The Morgan fingerprint density at radius 2 is 1.59 bits per heavy atom. The lowest BCUT2D eigenvalue weighted by Crippen LogP contribution is -2.45. The molecular weight excluding hydrogens is 304 g/mol. The van der Waals surface area contributed by atoms with Gasteiger partial charge in [0.2, 0.25) is 5.60 Å². The van der Waals surface area contributed by atoms with E-state index in [9.17, 15) is 9.90 Å². The summed E-state index contributed by atoms with van der Waals surface area (Å²) in [4.78, 5) is 11.1. The number of hydrogen-bond acceptors (Lipinski definition) is 3. The Bertz CT molecular complexity index is 637. The minimum atomic E-state index is -1.64. The molecule has 5 heteroatoms. The normalized spacial score (nSPS) is 13.4. The van der Waals surface area contributed by atoms with Crippen LogP contribution in [0.25, 0.3) is 0 Å². The number of hydrogen-bond donors (Lipinski definition) is 2. The van der Waals surface area contributed by atoms with Crippen molar-refractivity contribution in [1.29, 1.82) is 0 Å². The van der Waals surface area contributed by atoms with Crippen LogP contribution >= 0.6 is 11.6 Å². The molecule has 0 radical (unpaired) electrons. The van der Waals surface area contributed by atoms with Crippen molar-refractivity contribution in [1.82, 2.24) is 0 Å². The molecule has 4 nitrogen and oxygen atoms in total. The Morgan fingerprint density at radius 3 is 2.05 bits per heavy atom. The fourth-order valence-electron chi connectivity index (χ4n) is 1.92. The number of ether oxygens (including phenoxy) is 1. The summed E-state index contributed by atoms with van der Waals surface area (Å²) in [7, 11) is 0. The molecule has 0 aliphatic rings. The van der Waals surface area contributed by atoms with E-state index in [-0.39, 0.29) is 0 Å². The maximum Gasteiger partial charge on any atom is 0.350 e. The van der Waals surface area contributed by atoms with E-state index in [1.54, 1.807) is 12.1 Å². The third kappa shape index (κ3) is 4.00. The monoisotopic (exact) mass is 320 g/mol. The van der Waals surface area contributed by atoms with Gasteiger partial charge in [0.05, 0.1) is 6.61 Å². The molecule has 0 amide bonds. The molecular formula is C17H17ClO4. The number of aliphatic carboxylic acids is 1. The van der Waals surface area contributed by atoms with Crippen LogP contribution in [0.2, 0.25) is 5.02 Å². The lowest BCUT2D eigenvalue weighted by Gasteiger charge is -2.23. The minimum Gasteiger partial charge on any atom is -0.478 e. The minimum absolute atomic E-state index is 0.402. The highest BCUT2D eigenvalue weighted by Crippen LogP contribution is 2.21. The van der Waals surface area contributed by atoms with Crippen molar-refractivity contribution in [2.45, 2.75) is 18.9 Å². The summed E-state index contributed by atoms with van der Waals surface area (Å²) in [5.41, 5.74) is 0.553. The first-order valence-electron chi connectivity index (χ1n) is 6.79. The van der Waals surface area contributed by atoms with E-state index in [1.165, 1.54) is 6.92 Å². The van der Waals surface area contributed by atoms with E-state index >= 15 is 0 Å². The van der Waals surface area contributed by atoms with Gasteiger partial charge >= 0.3 is 5.97 Å². The fraction of sp³-hybridized carbons (Fsp3) is 0.235. The van der Waals surface area contributed by atoms with Gasteiger partial charge in [-0.25, -0.2) is 4.79 Å². The third-order valence-electron chi connectivity index (χ3n) is 3.34. The summed E-state index contributed by atoms with van der Waals surface area (Å²) in [6.07, 6.45) is 0.744. The van der Waals surface area contributed by atoms with Crippen molar-refractivity contribution in [2.75, 3.05) is 6.61 Å². The van der Waals surface area contributed by atoms with Crippen molar-refractivity contribution < 1.29 is 19.7 Å². The molecule has 22 heavy (non-hydrogen) atoms. The van der Waals surface area contributed by atoms with Gasteiger partial charge in [0.25, 0.3) is 0 Å². The van der Waals surface area contributed by atoms with Gasteiger partial charge in [0.15, 0.2) is 0 Å². The maximum atomic E-state index is 11.1. The molecule has 2 aromatic carbocycles. The van der Waals surface area contributed by atoms with Crippen molar-refractivity contribution in [3.63, 3.8) is 0 Å². The summed E-state index contributed by atoms with van der Waals surface area (Å²) in [5.74, 6) is -0.806. The van der Waals surface area contributed by atoms with Crippen LogP contribution in [0.5, 0.6) is 5.75 Å². The Labute approximate surface area is 133 Å². The first-order valence-corrected chi connectivity index (χ1v) is 7.17. The van der Waals surface area contributed by atoms with Gasteiger partial charge in [0, 0.05) is 5.02 Å². The Hall–Kier alpha value is -2.04. The van der Waals surface area contributed by atoms with E-state index < -0.39 is 18.2 Å². The number of carbonyl (C=O) groups is 1. The van der Waals surface area contributed by atoms with E-state index in [2.05, 4.69) is 0 Å². The average Bonchev–Trinajstić information content (AvgIpc) is 2.51. The Kier molecular flexibility index (Phi) is 5.06. The zero-order valence-corrected chi connectivity index (χ0v) is 12.9. The topological polar surface area (TPSA) is 66.8 Å². The molecule has 2 rings (SSSR count). The highest BCUT2D eigenvalue weighted by molar-refractivity contribution is 6.30. The Morgan fingerprint density at radius 1 is 1.09 bits per heavy atom. The van der Waals surface area contributed by atoms with Crippen LogP contribution in [-0.2, 0) is 11.2 Å². The molecule has 2 N–H and O–H groups in total. The second-order valence-corrected chi connectivity index (χ2v) is 5.68. The van der Waals surface area contributed by atoms with Gasteiger partial charge in [-0.2, -0.15) is 0 Å². The predicted molar refractivity (Wildman–Crippen MR) is 84.5 cm³/mol. The van der Waals surface area contributed by atoms with Crippen LogP contribution in [0.1, 0.15) is 18.1 Å². The van der Waals surface area contributed by atoms with E-state index in [0.29, 0.717) is 10.8 Å². The summed E-state index contributed by atoms with van der Waals surface area (Å²) in [5, 5.41) is 18.9. The molecule has 0 fully saturated rings. The zero-order chi connectivity index (χ0) is 16.2. The molecule has 0 spiro atoms. The second-order valence-electron chi connectivity index (χ2n) is 5.24. The first-order chi connectivity index (χ1) is 10.4. The molecule has 0 saturated heterocycles. The molecule has 2 aromatic rings. The van der Waals surface area contributed by atoms with Crippen molar-refractivity contribution >= 4 is 17.6 Å². The summed E-state index contributed by atoms with van der Waals surface area (Å²) in [6, 6.07) is 14.7. The molecule has 0 aliphatic carbocycles. The van der Waals surface area contributed by atoms with Crippen LogP contribution in [0.4, 0.5) is 0 Å². The van der Waals surface area contributed by atoms with Gasteiger partial charge < -0.3 is 14.9 Å². The van der Waals surface area contributed by atoms with E-state index in [0.717, 1.165) is 17.5 Å². The standard InChI is InChI=1S/C17H17ClO4/c1-17(11-19,16(20)21)22-15-8-4-13(5-9-15)10-12-2-6-14(18)7-3-12/h2-9,19H,10-11H2,1H3,(H,20,21). The summed E-state index contributed by atoms with van der Waals surface area (Å²) in [6.45, 7) is 0.728. The largest absolute Gasteiger partial charge is 0.478 e. The van der Waals surface area contributed by atoms with Crippen molar-refractivity contribution in [3.8, 4) is 5.75 Å². The smallest absolute Gasteiger partial charge is 0.350 e. The molecule has 1 atom stereocenters. The van der Waals surface area contributed by atoms with Gasteiger partial charge in [-0.1, -0.05) is 35.9 Å². The van der Waals surface area contributed by atoms with Crippen molar-refractivity contribution in [2.24, 2.45) is 0 Å². The van der Waals surface area contributed by atoms with Gasteiger partial charge in [-0.15, -0.1) is 0 Å². The molecule has 116 valence electrons. The van der Waals surface area contributed by atoms with Crippen LogP contribution < -0.4 is 4.74 Å². The van der Waals surface area contributed by atoms with E-state index in [4.69, 9.17) is 21.4 Å². The quantitative estimate of drug-likeness (QED) is 0.858. The summed E-state index contributed by atoms with van der Waals surface area (Å²) >= 11 is 5.85. The highest BCUT2D eigenvalue weighted by Gasteiger charge is 2.34. The van der Waals surface area contributed by atoms with Crippen LogP contribution in [0, 0.1) is 0 Å². The molecule has 0 aromatic heterocycles. The maximum absolute atomic E-state index is 11.1. The molecule has 0 aliphatic heterocycles. The average molecular weight is 321 g/mol. The SMILES string of the molecule is CC(CO)(Oc1ccc(Cc2ccc(Cl)cc2)cc1)C(=O)O. The third-order valence-corrected chi connectivity index (χ3v) is 3.59. The van der Waals surface area contributed by atoms with Crippen LogP contribution in [0.15, 0.2) is 48.5 Å². The number of carboxylic acid groups (broad SMARTS) is 1. The zero-order valence-electron chi connectivity index (χ0n) is 12.1. The fourth-order valence-corrected chi connectivity index (χ4v) is 2.04. The van der Waals surface area contributed by atoms with Gasteiger partial charge in [-0.05, 0) is 48.7 Å². The number of aliphatic hydroxyl groups excluding tert-OH is 1. The number of benzene rings is 2. The lowest BCUT2D eigenvalue weighted by atomic mass is 10.0. The second kappa shape index (κ2) is 6.81. The van der Waals surface area contributed by atoms with Gasteiger partial charge in [0.1, 0.15) is 5.75 Å². The first kappa shape index (κ1) is 16.3. The van der Waals surface area contributed by atoms with Crippen molar-refractivity contribution in [3.05, 3.63) is 64.7 Å². The molecule has 0 saturated carbocycles. The summed E-state index contributed by atoms with van der Waals surface area (Å²) < 4.78 is 5.37. The number of aliphatic hydroxyl groups is 1. The van der Waals surface area contributed by atoms with E-state index in [1.807, 2.05) is 36.4 Å². The highest BCUT2D eigenvalue weighted by atomic mass is 35.5.